The Bertz CT molecular complexity index is 337. The monoisotopic (exact) mass is 281 g/mol. The van der Waals surface area contributed by atoms with Crippen LogP contribution < -0.4 is 5.32 Å². The van der Waals surface area contributed by atoms with Crippen molar-refractivity contribution in [2.75, 3.05) is 11.9 Å². The molecule has 0 saturated carbocycles. The Labute approximate surface area is 94.8 Å². The number of halogens is 4. The van der Waals surface area contributed by atoms with Crippen LogP contribution in [0.15, 0.2) is 16.6 Å². The van der Waals surface area contributed by atoms with Crippen LogP contribution in [0.25, 0.3) is 0 Å². The normalized spacial score (nSPS) is 11.6. The summed E-state index contributed by atoms with van der Waals surface area (Å²) >= 11 is 3.35. The van der Waals surface area contributed by atoms with Gasteiger partial charge in [-0.2, -0.15) is 13.2 Å². The van der Waals surface area contributed by atoms with Gasteiger partial charge in [0.15, 0.2) is 0 Å². The first-order valence-electron chi connectivity index (χ1n) is 4.37. The Morgan fingerprint density at radius 3 is 2.07 bits per heavy atom. The summed E-state index contributed by atoms with van der Waals surface area (Å²) in [6, 6.07) is 3.37. The molecule has 5 heteroatoms. The minimum absolute atomic E-state index is 0.491. The molecule has 1 nitrogen and oxygen atoms in total. The van der Waals surface area contributed by atoms with Crippen molar-refractivity contribution in [3.63, 3.8) is 0 Å². The predicted molar refractivity (Wildman–Crippen MR) is 58.2 cm³/mol. The third-order valence-electron chi connectivity index (χ3n) is 1.93. The lowest BCUT2D eigenvalue weighted by Gasteiger charge is -2.12. The van der Waals surface area contributed by atoms with Crippen molar-refractivity contribution in [3.8, 4) is 0 Å². The summed E-state index contributed by atoms with van der Waals surface area (Å²) in [4.78, 5) is 0. The number of alkyl halides is 3. The molecule has 0 radical (unpaired) electrons. The zero-order valence-electron chi connectivity index (χ0n) is 8.37. The van der Waals surface area contributed by atoms with E-state index in [1.807, 2.05) is 13.8 Å². The molecule has 1 aromatic carbocycles. The third kappa shape index (κ3) is 3.74. The number of rotatable bonds is 2. The van der Waals surface area contributed by atoms with Gasteiger partial charge in [-0.3, -0.25) is 0 Å². The molecule has 0 spiro atoms. The van der Waals surface area contributed by atoms with Gasteiger partial charge >= 0.3 is 6.18 Å². The molecule has 1 rings (SSSR count). The van der Waals surface area contributed by atoms with E-state index in [0.717, 1.165) is 15.6 Å². The summed E-state index contributed by atoms with van der Waals surface area (Å²) in [5.74, 6) is 0. The van der Waals surface area contributed by atoms with E-state index in [1.54, 1.807) is 12.1 Å². The number of anilines is 1. The molecule has 0 fully saturated rings. The molecule has 15 heavy (non-hydrogen) atoms. The van der Waals surface area contributed by atoms with Crippen molar-refractivity contribution in [1.82, 2.24) is 0 Å². The number of hydrogen-bond acceptors (Lipinski definition) is 1. The van der Waals surface area contributed by atoms with Gasteiger partial charge in [0.2, 0.25) is 0 Å². The van der Waals surface area contributed by atoms with Crippen LogP contribution in [0.3, 0.4) is 0 Å². The van der Waals surface area contributed by atoms with Crippen molar-refractivity contribution >= 4 is 21.6 Å². The Kier molecular flexibility index (Phi) is 3.65. The third-order valence-corrected chi connectivity index (χ3v) is 3.18. The van der Waals surface area contributed by atoms with E-state index in [9.17, 15) is 13.2 Å². The van der Waals surface area contributed by atoms with Crippen molar-refractivity contribution < 1.29 is 13.2 Å². The topological polar surface area (TPSA) is 12.0 Å². The summed E-state index contributed by atoms with van der Waals surface area (Å²) in [7, 11) is 0. The van der Waals surface area contributed by atoms with Gasteiger partial charge in [-0.05, 0) is 37.1 Å². The molecule has 1 aromatic rings. The van der Waals surface area contributed by atoms with Crippen LogP contribution in [0.5, 0.6) is 0 Å². The lowest BCUT2D eigenvalue weighted by molar-refractivity contribution is -0.115. The van der Waals surface area contributed by atoms with E-state index in [0.29, 0.717) is 5.69 Å². The van der Waals surface area contributed by atoms with Crippen LogP contribution in [0.4, 0.5) is 18.9 Å². The van der Waals surface area contributed by atoms with E-state index in [1.165, 1.54) is 0 Å². The van der Waals surface area contributed by atoms with Gasteiger partial charge in [0, 0.05) is 10.2 Å². The SMILES string of the molecule is Cc1cc(NCC(F)(F)F)cc(C)c1Br. The molecular weight excluding hydrogens is 271 g/mol. The molecule has 0 aliphatic carbocycles. The minimum atomic E-state index is -4.19. The highest BCUT2D eigenvalue weighted by Gasteiger charge is 2.26. The molecule has 1 N–H and O–H groups in total. The highest BCUT2D eigenvalue weighted by atomic mass is 79.9. The number of hydrogen-bond donors (Lipinski definition) is 1. The number of benzene rings is 1. The van der Waals surface area contributed by atoms with Gasteiger partial charge in [0.1, 0.15) is 6.54 Å². The fourth-order valence-corrected chi connectivity index (χ4v) is 1.48. The van der Waals surface area contributed by atoms with Crippen LogP contribution >= 0.6 is 15.9 Å². The van der Waals surface area contributed by atoms with Crippen LogP contribution in [-0.4, -0.2) is 12.7 Å². The van der Waals surface area contributed by atoms with E-state index < -0.39 is 12.7 Å². The first-order chi connectivity index (χ1) is 6.79. The number of nitrogens with one attached hydrogen (secondary N) is 1. The van der Waals surface area contributed by atoms with Gasteiger partial charge in [-0.25, -0.2) is 0 Å². The van der Waals surface area contributed by atoms with Gasteiger partial charge in [0.05, 0.1) is 0 Å². The van der Waals surface area contributed by atoms with Gasteiger partial charge in [-0.1, -0.05) is 15.9 Å². The smallest absolute Gasteiger partial charge is 0.376 e. The molecule has 84 valence electrons. The van der Waals surface area contributed by atoms with Gasteiger partial charge in [-0.15, -0.1) is 0 Å². The zero-order chi connectivity index (χ0) is 11.6. The molecule has 0 saturated heterocycles. The Morgan fingerprint density at radius 2 is 1.67 bits per heavy atom. The molecule has 0 heterocycles. The summed E-state index contributed by atoms with van der Waals surface area (Å²) in [5, 5.41) is 2.35. The summed E-state index contributed by atoms with van der Waals surface area (Å²) in [6.07, 6.45) is -4.19. The standard InChI is InChI=1S/C10H11BrF3N/c1-6-3-8(4-7(2)9(6)11)15-5-10(12,13)14/h3-4,15H,5H2,1-2H3. The van der Waals surface area contributed by atoms with Crippen LogP contribution in [0.1, 0.15) is 11.1 Å². The highest BCUT2D eigenvalue weighted by molar-refractivity contribution is 9.10. The largest absolute Gasteiger partial charge is 0.405 e. The second-order valence-electron chi connectivity index (χ2n) is 3.39. The maximum Gasteiger partial charge on any atom is 0.405 e. The Morgan fingerprint density at radius 1 is 1.20 bits per heavy atom. The minimum Gasteiger partial charge on any atom is -0.376 e. The van der Waals surface area contributed by atoms with E-state index >= 15 is 0 Å². The molecular formula is C10H11BrF3N. The molecule has 0 atom stereocenters. The Balaban J connectivity index is 2.80. The van der Waals surface area contributed by atoms with Crippen molar-refractivity contribution in [1.29, 1.82) is 0 Å². The van der Waals surface area contributed by atoms with E-state index in [4.69, 9.17) is 0 Å². The fourth-order valence-electron chi connectivity index (χ4n) is 1.25. The molecule has 0 amide bonds. The zero-order valence-corrected chi connectivity index (χ0v) is 9.96. The quantitative estimate of drug-likeness (QED) is 0.863. The average molecular weight is 282 g/mol. The number of aryl methyl sites for hydroxylation is 2. The molecule has 0 bridgehead atoms. The maximum atomic E-state index is 11.9. The van der Waals surface area contributed by atoms with Gasteiger partial charge in [0.25, 0.3) is 0 Å². The Hall–Kier alpha value is -0.710. The van der Waals surface area contributed by atoms with Crippen LogP contribution in [-0.2, 0) is 0 Å². The molecule has 0 aliphatic rings. The average Bonchev–Trinajstić information content (AvgIpc) is 2.09. The second kappa shape index (κ2) is 4.43. The molecule has 0 aromatic heterocycles. The first kappa shape index (κ1) is 12.4. The van der Waals surface area contributed by atoms with E-state index in [2.05, 4.69) is 21.2 Å². The van der Waals surface area contributed by atoms with Crippen molar-refractivity contribution in [2.24, 2.45) is 0 Å². The fraction of sp³-hybridized carbons (Fsp3) is 0.400. The first-order valence-corrected chi connectivity index (χ1v) is 5.16. The van der Waals surface area contributed by atoms with E-state index in [-0.39, 0.29) is 0 Å². The lowest BCUT2D eigenvalue weighted by Crippen LogP contribution is -2.21. The predicted octanol–water partition coefficient (Wildman–Crippen LogP) is 4.04. The highest BCUT2D eigenvalue weighted by Crippen LogP contribution is 2.25. The summed E-state index contributed by atoms with van der Waals surface area (Å²) in [6.45, 7) is 2.68. The van der Waals surface area contributed by atoms with Crippen molar-refractivity contribution in [3.05, 3.63) is 27.7 Å². The van der Waals surface area contributed by atoms with Gasteiger partial charge < -0.3 is 5.32 Å². The van der Waals surface area contributed by atoms with Crippen molar-refractivity contribution in [2.45, 2.75) is 20.0 Å². The second-order valence-corrected chi connectivity index (χ2v) is 4.19. The summed E-state index contributed by atoms with van der Waals surface area (Å²) in [5.41, 5.74) is 2.32. The molecule has 0 unspecified atom stereocenters. The van der Waals surface area contributed by atoms with Crippen LogP contribution in [0.2, 0.25) is 0 Å². The molecule has 0 aliphatic heterocycles. The maximum absolute atomic E-state index is 11.9. The summed E-state index contributed by atoms with van der Waals surface area (Å²) < 4.78 is 36.8. The van der Waals surface area contributed by atoms with Crippen LogP contribution in [0, 0.1) is 13.8 Å². The lowest BCUT2D eigenvalue weighted by atomic mass is 10.1.